The lowest BCUT2D eigenvalue weighted by molar-refractivity contribution is -0.141. The van der Waals surface area contributed by atoms with Gasteiger partial charge in [0, 0.05) is 13.6 Å². The zero-order chi connectivity index (χ0) is 13.3. The molecule has 0 heterocycles. The van der Waals surface area contributed by atoms with Crippen molar-refractivity contribution in [3.8, 4) is 0 Å². The van der Waals surface area contributed by atoms with Crippen LogP contribution in [0.25, 0.3) is 0 Å². The summed E-state index contributed by atoms with van der Waals surface area (Å²) >= 11 is 0. The number of carboxylic acid groups (broad SMARTS) is 1. The molecular formula is C14H17NO3. The van der Waals surface area contributed by atoms with E-state index < -0.39 is 11.9 Å². The molecule has 0 bridgehead atoms. The highest BCUT2D eigenvalue weighted by atomic mass is 16.4. The maximum atomic E-state index is 12.0. The second-order valence-corrected chi connectivity index (χ2v) is 4.97. The number of nitrogens with zero attached hydrogens (tertiary/aromatic N) is 1. The number of carboxylic acids is 1. The molecule has 0 unspecified atom stereocenters. The molecule has 1 aliphatic rings. The number of rotatable bonds is 4. The van der Waals surface area contributed by atoms with Crippen LogP contribution in [0.4, 0.5) is 0 Å². The molecule has 2 rings (SSSR count). The fourth-order valence-electron chi connectivity index (χ4n) is 2.19. The lowest BCUT2D eigenvalue weighted by atomic mass is 10.1. The van der Waals surface area contributed by atoms with Crippen LogP contribution in [0.3, 0.4) is 0 Å². The van der Waals surface area contributed by atoms with Crippen molar-refractivity contribution in [2.75, 3.05) is 7.05 Å². The number of aryl methyl sites for hydroxylation is 1. The third kappa shape index (κ3) is 2.70. The van der Waals surface area contributed by atoms with Crippen LogP contribution in [0.15, 0.2) is 24.3 Å². The maximum Gasteiger partial charge on any atom is 0.307 e. The number of benzene rings is 1. The molecule has 0 saturated heterocycles. The van der Waals surface area contributed by atoms with Gasteiger partial charge in [0.05, 0.1) is 11.8 Å². The fourth-order valence-corrected chi connectivity index (χ4v) is 2.19. The van der Waals surface area contributed by atoms with Crippen LogP contribution in [0.1, 0.15) is 17.5 Å². The van der Waals surface area contributed by atoms with E-state index in [1.807, 2.05) is 31.2 Å². The van der Waals surface area contributed by atoms with Crippen LogP contribution < -0.4 is 0 Å². The number of carbonyl (C=O) groups is 2. The van der Waals surface area contributed by atoms with Gasteiger partial charge in [-0.15, -0.1) is 0 Å². The molecule has 1 aromatic carbocycles. The number of carbonyl (C=O) groups excluding carboxylic acids is 1. The minimum Gasteiger partial charge on any atom is -0.481 e. The predicted molar refractivity (Wildman–Crippen MR) is 66.9 cm³/mol. The lowest BCUT2D eigenvalue weighted by Crippen LogP contribution is -2.28. The second kappa shape index (κ2) is 4.80. The van der Waals surface area contributed by atoms with Gasteiger partial charge in [0.2, 0.25) is 5.91 Å². The number of hydrogen-bond donors (Lipinski definition) is 1. The highest BCUT2D eigenvalue weighted by Gasteiger charge is 2.49. The summed E-state index contributed by atoms with van der Waals surface area (Å²) in [4.78, 5) is 24.3. The van der Waals surface area contributed by atoms with Crippen LogP contribution >= 0.6 is 0 Å². The highest BCUT2D eigenvalue weighted by molar-refractivity contribution is 5.89. The van der Waals surface area contributed by atoms with E-state index in [1.54, 1.807) is 11.9 Å². The van der Waals surface area contributed by atoms with Crippen molar-refractivity contribution in [2.24, 2.45) is 11.8 Å². The van der Waals surface area contributed by atoms with E-state index >= 15 is 0 Å². The van der Waals surface area contributed by atoms with Gasteiger partial charge in [-0.25, -0.2) is 0 Å². The van der Waals surface area contributed by atoms with Crippen LogP contribution in [0.5, 0.6) is 0 Å². The Hall–Kier alpha value is -1.84. The standard InChI is InChI=1S/C14H17NO3/c1-9-4-3-5-10(6-9)8-15(2)13(16)11-7-12(11)14(17)18/h3-6,11-12H,7-8H2,1-2H3,(H,17,18)/t11-,12+/m1/s1. The summed E-state index contributed by atoms with van der Waals surface area (Å²) in [6, 6.07) is 7.97. The quantitative estimate of drug-likeness (QED) is 0.880. The summed E-state index contributed by atoms with van der Waals surface area (Å²) in [5, 5.41) is 8.81. The topological polar surface area (TPSA) is 57.6 Å². The second-order valence-electron chi connectivity index (χ2n) is 4.97. The zero-order valence-electron chi connectivity index (χ0n) is 10.6. The Morgan fingerprint density at radius 3 is 2.67 bits per heavy atom. The molecule has 4 heteroatoms. The van der Waals surface area contributed by atoms with Crippen molar-refractivity contribution in [1.82, 2.24) is 4.90 Å². The van der Waals surface area contributed by atoms with Crippen LogP contribution in [0, 0.1) is 18.8 Å². The van der Waals surface area contributed by atoms with Gasteiger partial charge in [-0.05, 0) is 18.9 Å². The van der Waals surface area contributed by atoms with Gasteiger partial charge in [0.1, 0.15) is 0 Å². The van der Waals surface area contributed by atoms with E-state index in [0.29, 0.717) is 13.0 Å². The molecule has 0 spiro atoms. The lowest BCUT2D eigenvalue weighted by Gasteiger charge is -2.17. The predicted octanol–water partition coefficient (Wildman–Crippen LogP) is 1.67. The molecule has 96 valence electrons. The molecule has 0 aliphatic heterocycles. The van der Waals surface area contributed by atoms with Gasteiger partial charge in [0.25, 0.3) is 0 Å². The van der Waals surface area contributed by atoms with Gasteiger partial charge >= 0.3 is 5.97 Å². The maximum absolute atomic E-state index is 12.0. The SMILES string of the molecule is Cc1cccc(CN(C)C(=O)[C@@H]2C[C@@H]2C(=O)O)c1. The summed E-state index contributed by atoms with van der Waals surface area (Å²) in [6.45, 7) is 2.54. The van der Waals surface area contributed by atoms with Gasteiger partial charge in [-0.1, -0.05) is 29.8 Å². The van der Waals surface area contributed by atoms with Crippen molar-refractivity contribution in [1.29, 1.82) is 0 Å². The Kier molecular flexibility index (Phi) is 3.36. The van der Waals surface area contributed by atoms with E-state index in [2.05, 4.69) is 0 Å². The molecule has 18 heavy (non-hydrogen) atoms. The minimum atomic E-state index is -0.864. The molecule has 1 aromatic rings. The first-order valence-electron chi connectivity index (χ1n) is 6.02. The number of amides is 1. The summed E-state index contributed by atoms with van der Waals surface area (Å²) in [5.74, 6) is -1.73. The molecule has 1 aliphatic carbocycles. The summed E-state index contributed by atoms with van der Waals surface area (Å²) in [5.41, 5.74) is 2.22. The summed E-state index contributed by atoms with van der Waals surface area (Å²) in [7, 11) is 1.72. The fraction of sp³-hybridized carbons (Fsp3) is 0.429. The van der Waals surface area contributed by atoms with E-state index in [-0.39, 0.29) is 11.8 Å². The average molecular weight is 247 g/mol. The molecular weight excluding hydrogens is 230 g/mol. The normalized spacial score (nSPS) is 21.4. The number of hydrogen-bond acceptors (Lipinski definition) is 2. The zero-order valence-corrected chi connectivity index (χ0v) is 10.6. The Balaban J connectivity index is 1.94. The third-order valence-electron chi connectivity index (χ3n) is 3.30. The Morgan fingerprint density at radius 1 is 1.39 bits per heavy atom. The Labute approximate surface area is 106 Å². The Bertz CT molecular complexity index is 484. The molecule has 2 atom stereocenters. The molecule has 1 saturated carbocycles. The average Bonchev–Trinajstić information content (AvgIpc) is 3.07. The first-order chi connectivity index (χ1) is 8.49. The minimum absolute atomic E-state index is 0.0658. The van der Waals surface area contributed by atoms with E-state index in [0.717, 1.165) is 11.1 Å². The first kappa shape index (κ1) is 12.6. The Morgan fingerprint density at radius 2 is 2.11 bits per heavy atom. The van der Waals surface area contributed by atoms with Crippen LogP contribution in [-0.2, 0) is 16.1 Å². The summed E-state index contributed by atoms with van der Waals surface area (Å²) in [6.07, 6.45) is 0.478. The smallest absolute Gasteiger partial charge is 0.307 e. The third-order valence-corrected chi connectivity index (χ3v) is 3.30. The van der Waals surface area contributed by atoms with Crippen molar-refractivity contribution in [3.05, 3.63) is 35.4 Å². The van der Waals surface area contributed by atoms with Crippen molar-refractivity contribution in [3.63, 3.8) is 0 Å². The van der Waals surface area contributed by atoms with E-state index in [1.165, 1.54) is 0 Å². The summed E-state index contributed by atoms with van der Waals surface area (Å²) < 4.78 is 0. The van der Waals surface area contributed by atoms with Gasteiger partial charge in [0.15, 0.2) is 0 Å². The van der Waals surface area contributed by atoms with Crippen molar-refractivity contribution in [2.45, 2.75) is 19.9 Å². The van der Waals surface area contributed by atoms with Crippen LogP contribution in [0.2, 0.25) is 0 Å². The van der Waals surface area contributed by atoms with Gasteiger partial charge in [-0.3, -0.25) is 9.59 Å². The van der Waals surface area contributed by atoms with E-state index in [9.17, 15) is 9.59 Å². The molecule has 1 fully saturated rings. The molecule has 1 amide bonds. The van der Waals surface area contributed by atoms with Crippen molar-refractivity contribution >= 4 is 11.9 Å². The van der Waals surface area contributed by atoms with E-state index in [4.69, 9.17) is 5.11 Å². The number of aliphatic carboxylic acids is 1. The monoisotopic (exact) mass is 247 g/mol. The van der Waals surface area contributed by atoms with Gasteiger partial charge < -0.3 is 10.0 Å². The highest BCUT2D eigenvalue weighted by Crippen LogP contribution is 2.40. The first-order valence-corrected chi connectivity index (χ1v) is 6.02. The molecule has 4 nitrogen and oxygen atoms in total. The molecule has 1 N–H and O–H groups in total. The van der Waals surface area contributed by atoms with Crippen LogP contribution in [-0.4, -0.2) is 28.9 Å². The molecule has 0 aromatic heterocycles. The van der Waals surface area contributed by atoms with Gasteiger partial charge in [-0.2, -0.15) is 0 Å². The molecule has 0 radical (unpaired) electrons. The van der Waals surface area contributed by atoms with Crippen molar-refractivity contribution < 1.29 is 14.7 Å². The largest absolute Gasteiger partial charge is 0.481 e.